The monoisotopic (exact) mass is 366 g/mol. The molecule has 2 N–H and O–H groups in total. The van der Waals surface area contributed by atoms with E-state index in [1.165, 1.54) is 0 Å². The number of nitrogens with zero attached hydrogens (tertiary/aromatic N) is 2. The zero-order chi connectivity index (χ0) is 19.3. The van der Waals surface area contributed by atoms with Crippen LogP contribution in [0.1, 0.15) is 0 Å². The molecule has 136 valence electrons. The standard InChI is InChI=1S/C23H19BN2O2/c27-24(28)20-9-4-7-18(15-20)19-8-5-12-22(16-19)26(21-10-2-1-3-11-21)23-13-6-14-25-17-23/h1-17,27-28H. The van der Waals surface area contributed by atoms with E-state index >= 15 is 0 Å². The van der Waals surface area contributed by atoms with Crippen LogP contribution in [0.3, 0.4) is 0 Å². The topological polar surface area (TPSA) is 56.6 Å². The maximum Gasteiger partial charge on any atom is 0.488 e. The molecule has 0 bridgehead atoms. The molecular weight excluding hydrogens is 347 g/mol. The summed E-state index contributed by atoms with van der Waals surface area (Å²) >= 11 is 0. The zero-order valence-corrected chi connectivity index (χ0v) is 15.2. The average Bonchev–Trinajstić information content (AvgIpc) is 2.76. The first kappa shape index (κ1) is 18.0. The van der Waals surface area contributed by atoms with Crippen LogP contribution in [0.25, 0.3) is 11.1 Å². The Hall–Kier alpha value is -3.41. The minimum Gasteiger partial charge on any atom is -0.423 e. The fourth-order valence-corrected chi connectivity index (χ4v) is 3.21. The van der Waals surface area contributed by atoms with E-state index < -0.39 is 7.12 Å². The third kappa shape index (κ3) is 3.81. The van der Waals surface area contributed by atoms with Crippen LogP contribution in [-0.4, -0.2) is 22.2 Å². The highest BCUT2D eigenvalue weighted by Crippen LogP contribution is 2.35. The van der Waals surface area contributed by atoms with Crippen LogP contribution in [0.5, 0.6) is 0 Å². The summed E-state index contributed by atoms with van der Waals surface area (Å²) < 4.78 is 0. The summed E-state index contributed by atoms with van der Waals surface area (Å²) in [5, 5.41) is 19.0. The average molecular weight is 366 g/mol. The van der Waals surface area contributed by atoms with Gasteiger partial charge in [-0.1, -0.05) is 54.6 Å². The van der Waals surface area contributed by atoms with Crippen LogP contribution in [0.15, 0.2) is 103 Å². The Bertz CT molecular complexity index is 1020. The Morgan fingerprint density at radius 2 is 1.32 bits per heavy atom. The molecule has 4 aromatic rings. The summed E-state index contributed by atoms with van der Waals surface area (Å²) in [5.74, 6) is 0. The summed E-state index contributed by atoms with van der Waals surface area (Å²) in [5.41, 5.74) is 5.37. The number of hydrogen-bond acceptors (Lipinski definition) is 4. The van der Waals surface area contributed by atoms with E-state index in [0.29, 0.717) is 5.46 Å². The van der Waals surface area contributed by atoms with Crippen molar-refractivity contribution in [2.45, 2.75) is 0 Å². The summed E-state index contributed by atoms with van der Waals surface area (Å²) in [6.07, 6.45) is 3.59. The third-order valence-electron chi connectivity index (χ3n) is 4.54. The van der Waals surface area contributed by atoms with Gasteiger partial charge >= 0.3 is 7.12 Å². The molecule has 5 heteroatoms. The van der Waals surface area contributed by atoms with Gasteiger partial charge in [0.2, 0.25) is 0 Å². The maximum atomic E-state index is 9.48. The van der Waals surface area contributed by atoms with Crippen LogP contribution >= 0.6 is 0 Å². The molecule has 0 aliphatic rings. The quantitative estimate of drug-likeness (QED) is 0.526. The molecule has 0 aliphatic carbocycles. The van der Waals surface area contributed by atoms with E-state index in [1.807, 2.05) is 66.9 Å². The molecule has 0 radical (unpaired) electrons. The summed E-state index contributed by atoms with van der Waals surface area (Å²) in [6, 6.07) is 29.5. The molecular formula is C23H19BN2O2. The Balaban J connectivity index is 1.81. The number of benzene rings is 3. The highest BCUT2D eigenvalue weighted by Gasteiger charge is 2.14. The second-order valence-corrected chi connectivity index (χ2v) is 6.43. The van der Waals surface area contributed by atoms with Gasteiger partial charge in [-0.2, -0.15) is 0 Å². The van der Waals surface area contributed by atoms with Gasteiger partial charge in [-0.25, -0.2) is 0 Å². The lowest BCUT2D eigenvalue weighted by Crippen LogP contribution is -2.29. The van der Waals surface area contributed by atoms with Gasteiger partial charge in [-0.05, 0) is 53.0 Å². The minimum atomic E-state index is -1.49. The van der Waals surface area contributed by atoms with Crippen molar-refractivity contribution in [1.29, 1.82) is 0 Å². The van der Waals surface area contributed by atoms with Gasteiger partial charge in [-0.3, -0.25) is 4.98 Å². The summed E-state index contributed by atoms with van der Waals surface area (Å²) in [7, 11) is -1.49. The van der Waals surface area contributed by atoms with Crippen molar-refractivity contribution in [3.05, 3.63) is 103 Å². The molecule has 3 aromatic carbocycles. The van der Waals surface area contributed by atoms with Gasteiger partial charge in [-0.15, -0.1) is 0 Å². The van der Waals surface area contributed by atoms with Gasteiger partial charge in [0.15, 0.2) is 0 Å². The number of pyridine rings is 1. The molecule has 0 saturated heterocycles. The smallest absolute Gasteiger partial charge is 0.423 e. The van der Waals surface area contributed by atoms with Gasteiger partial charge < -0.3 is 14.9 Å². The second-order valence-electron chi connectivity index (χ2n) is 6.43. The molecule has 1 aromatic heterocycles. The van der Waals surface area contributed by atoms with Crippen LogP contribution in [-0.2, 0) is 0 Å². The van der Waals surface area contributed by atoms with E-state index in [2.05, 4.69) is 28.1 Å². The van der Waals surface area contributed by atoms with Gasteiger partial charge in [0.05, 0.1) is 11.9 Å². The lowest BCUT2D eigenvalue weighted by atomic mass is 9.79. The normalized spacial score (nSPS) is 10.5. The Labute approximate surface area is 164 Å². The molecule has 4 rings (SSSR count). The van der Waals surface area contributed by atoms with Crippen molar-refractivity contribution in [1.82, 2.24) is 4.98 Å². The molecule has 4 nitrogen and oxygen atoms in total. The summed E-state index contributed by atoms with van der Waals surface area (Å²) in [6.45, 7) is 0. The van der Waals surface area contributed by atoms with Crippen LogP contribution in [0.2, 0.25) is 0 Å². The minimum absolute atomic E-state index is 0.468. The number of anilines is 3. The van der Waals surface area contributed by atoms with Crippen molar-refractivity contribution in [3.8, 4) is 11.1 Å². The number of rotatable bonds is 5. The number of para-hydroxylation sites is 1. The second kappa shape index (κ2) is 8.09. The third-order valence-corrected chi connectivity index (χ3v) is 4.54. The predicted octanol–water partition coefficient (Wildman–Crippen LogP) is 3.90. The van der Waals surface area contributed by atoms with E-state index in [-0.39, 0.29) is 0 Å². The SMILES string of the molecule is OB(O)c1cccc(-c2cccc(N(c3ccccc3)c3cccnc3)c2)c1. The van der Waals surface area contributed by atoms with Gasteiger partial charge in [0.1, 0.15) is 0 Å². The highest BCUT2D eigenvalue weighted by atomic mass is 16.4. The van der Waals surface area contributed by atoms with Crippen molar-refractivity contribution < 1.29 is 10.0 Å². The van der Waals surface area contributed by atoms with E-state index in [9.17, 15) is 10.0 Å². The van der Waals surface area contributed by atoms with Crippen molar-refractivity contribution in [2.24, 2.45) is 0 Å². The molecule has 0 fully saturated rings. The lowest BCUT2D eigenvalue weighted by molar-refractivity contribution is 0.426. The van der Waals surface area contributed by atoms with Crippen LogP contribution < -0.4 is 10.4 Å². The first-order valence-corrected chi connectivity index (χ1v) is 9.04. The predicted molar refractivity (Wildman–Crippen MR) is 114 cm³/mol. The maximum absolute atomic E-state index is 9.48. The Kier molecular flexibility index (Phi) is 5.19. The fraction of sp³-hybridized carbons (Fsp3) is 0. The van der Waals surface area contributed by atoms with Gasteiger partial charge in [0, 0.05) is 17.6 Å². The number of aromatic nitrogens is 1. The highest BCUT2D eigenvalue weighted by molar-refractivity contribution is 6.58. The van der Waals surface area contributed by atoms with Crippen molar-refractivity contribution in [3.63, 3.8) is 0 Å². The molecule has 28 heavy (non-hydrogen) atoms. The number of hydrogen-bond donors (Lipinski definition) is 2. The Morgan fingerprint density at radius 3 is 2.04 bits per heavy atom. The Morgan fingerprint density at radius 1 is 0.643 bits per heavy atom. The zero-order valence-electron chi connectivity index (χ0n) is 15.2. The van der Waals surface area contributed by atoms with Gasteiger partial charge in [0.25, 0.3) is 0 Å². The molecule has 0 saturated carbocycles. The molecule has 0 unspecified atom stereocenters. The van der Waals surface area contributed by atoms with E-state index in [0.717, 1.165) is 28.2 Å². The van der Waals surface area contributed by atoms with E-state index in [1.54, 1.807) is 18.3 Å². The summed E-state index contributed by atoms with van der Waals surface area (Å²) in [4.78, 5) is 6.41. The molecule has 0 aliphatic heterocycles. The molecule has 1 heterocycles. The van der Waals surface area contributed by atoms with Crippen molar-refractivity contribution >= 4 is 29.6 Å². The van der Waals surface area contributed by atoms with Crippen LogP contribution in [0, 0.1) is 0 Å². The molecule has 0 amide bonds. The molecule has 0 atom stereocenters. The first-order chi connectivity index (χ1) is 13.7. The largest absolute Gasteiger partial charge is 0.488 e. The molecule has 0 spiro atoms. The fourth-order valence-electron chi connectivity index (χ4n) is 3.21. The van der Waals surface area contributed by atoms with E-state index in [4.69, 9.17) is 0 Å². The van der Waals surface area contributed by atoms with Crippen LogP contribution in [0.4, 0.5) is 17.1 Å². The van der Waals surface area contributed by atoms with Crippen molar-refractivity contribution in [2.75, 3.05) is 4.90 Å². The first-order valence-electron chi connectivity index (χ1n) is 9.04. The lowest BCUT2D eigenvalue weighted by Gasteiger charge is -2.25.